The molecule has 0 aliphatic rings. The summed E-state index contributed by atoms with van der Waals surface area (Å²) < 4.78 is 17.0. The highest BCUT2D eigenvalue weighted by atomic mass is 16.5. The maximum atomic E-state index is 10.8. The van der Waals surface area contributed by atoms with Gasteiger partial charge in [-0.3, -0.25) is 0 Å². The van der Waals surface area contributed by atoms with Crippen LogP contribution < -0.4 is 19.5 Å². The number of hydrogen-bond acceptors (Lipinski definition) is 7. The number of phenolic OH excluding ortho intramolecular Hbond substituents is 1. The Kier molecular flexibility index (Phi) is 9.07. The van der Waals surface area contributed by atoms with E-state index in [9.17, 15) is 15.0 Å². The van der Waals surface area contributed by atoms with Crippen molar-refractivity contribution in [3.05, 3.63) is 84.1 Å². The first-order valence-corrected chi connectivity index (χ1v) is 12.4. The minimum absolute atomic E-state index is 0.0161. The smallest absolute Gasteiger partial charge is 0.341 e. The van der Waals surface area contributed by atoms with Crippen molar-refractivity contribution in [1.29, 1.82) is 0 Å². The zero-order chi connectivity index (χ0) is 26.9. The molecule has 0 amide bonds. The summed E-state index contributed by atoms with van der Waals surface area (Å²) >= 11 is 0. The SMILES string of the molecule is CC(Cc1c[nH]c2c(OCC(=O)O)cccc12)NCC(O)COc1cccc(O)c1OCc1ccccc1. The standard InChI is InChI=1S/C29H32N2O7/c1-19(13-21-14-31-28-23(21)9-5-11-25(28)37-18-27(34)35)30-15-22(32)17-36-26-12-6-10-24(33)29(26)38-16-20-7-3-2-4-8-20/h2-12,14,19,22,30-33H,13,15-18H2,1H3,(H,34,35). The quantitative estimate of drug-likeness (QED) is 0.169. The molecular weight excluding hydrogens is 488 g/mol. The van der Waals surface area contributed by atoms with Crippen molar-refractivity contribution < 1.29 is 34.3 Å². The summed E-state index contributed by atoms with van der Waals surface area (Å²) in [7, 11) is 0. The van der Waals surface area contributed by atoms with E-state index in [4.69, 9.17) is 19.3 Å². The lowest BCUT2D eigenvalue weighted by molar-refractivity contribution is -0.139. The summed E-state index contributed by atoms with van der Waals surface area (Å²) in [6, 6.07) is 20.0. The van der Waals surface area contributed by atoms with Crippen LogP contribution >= 0.6 is 0 Å². The summed E-state index contributed by atoms with van der Waals surface area (Å²) in [4.78, 5) is 14.0. The largest absolute Gasteiger partial charge is 0.504 e. The van der Waals surface area contributed by atoms with Crippen LogP contribution in [0.1, 0.15) is 18.1 Å². The van der Waals surface area contributed by atoms with Crippen LogP contribution in [-0.4, -0.2) is 58.2 Å². The number of aliphatic carboxylic acids is 1. The number of para-hydroxylation sites is 2. The minimum atomic E-state index is -1.03. The number of nitrogens with one attached hydrogen (secondary N) is 2. The van der Waals surface area contributed by atoms with Crippen LogP contribution in [0, 0.1) is 0 Å². The lowest BCUT2D eigenvalue weighted by Crippen LogP contribution is -2.37. The number of ether oxygens (including phenoxy) is 3. The Bertz CT molecular complexity index is 1340. The number of fused-ring (bicyclic) bond motifs is 1. The lowest BCUT2D eigenvalue weighted by atomic mass is 10.1. The summed E-state index contributed by atoms with van der Waals surface area (Å²) in [6.45, 7) is 2.20. The average molecular weight is 521 g/mol. The summed E-state index contributed by atoms with van der Waals surface area (Å²) in [5.41, 5.74) is 2.76. The number of rotatable bonds is 14. The van der Waals surface area contributed by atoms with Crippen molar-refractivity contribution in [2.45, 2.75) is 32.1 Å². The third kappa shape index (κ3) is 7.18. The predicted molar refractivity (Wildman–Crippen MR) is 143 cm³/mol. The van der Waals surface area contributed by atoms with Gasteiger partial charge in [0.1, 0.15) is 25.1 Å². The number of carboxylic acids is 1. The maximum Gasteiger partial charge on any atom is 0.341 e. The predicted octanol–water partition coefficient (Wildman–Crippen LogP) is 3.88. The Morgan fingerprint density at radius 2 is 1.74 bits per heavy atom. The maximum absolute atomic E-state index is 10.8. The molecule has 4 aromatic rings. The molecule has 0 saturated heterocycles. The first-order chi connectivity index (χ1) is 18.4. The summed E-state index contributed by atoms with van der Waals surface area (Å²) in [5, 5.41) is 33.9. The third-order valence-electron chi connectivity index (χ3n) is 5.96. The summed E-state index contributed by atoms with van der Waals surface area (Å²) in [6.07, 6.45) is 1.77. The second-order valence-electron chi connectivity index (χ2n) is 9.03. The normalized spacial score (nSPS) is 12.7. The van der Waals surface area contributed by atoms with Gasteiger partial charge in [-0.15, -0.1) is 0 Å². The van der Waals surface area contributed by atoms with Crippen LogP contribution in [0.2, 0.25) is 0 Å². The highest BCUT2D eigenvalue weighted by Crippen LogP contribution is 2.37. The number of carboxylic acid groups (broad SMARTS) is 1. The van der Waals surface area contributed by atoms with Crippen molar-refractivity contribution in [2.24, 2.45) is 0 Å². The Morgan fingerprint density at radius 1 is 0.974 bits per heavy atom. The van der Waals surface area contributed by atoms with Gasteiger partial charge in [-0.1, -0.05) is 48.5 Å². The van der Waals surface area contributed by atoms with E-state index in [-0.39, 0.29) is 30.8 Å². The van der Waals surface area contributed by atoms with Crippen LogP contribution in [-0.2, 0) is 17.8 Å². The van der Waals surface area contributed by atoms with Crippen molar-refractivity contribution in [3.63, 3.8) is 0 Å². The van der Waals surface area contributed by atoms with Gasteiger partial charge in [-0.2, -0.15) is 0 Å². The molecule has 0 spiro atoms. The molecular formula is C29H32N2O7. The topological polar surface area (TPSA) is 133 Å². The highest BCUT2D eigenvalue weighted by Gasteiger charge is 2.16. The Hall–Kier alpha value is -4.21. The molecule has 0 fully saturated rings. The van der Waals surface area contributed by atoms with Gasteiger partial charge >= 0.3 is 5.97 Å². The van der Waals surface area contributed by atoms with Gasteiger partial charge in [0.05, 0.1) is 5.52 Å². The van der Waals surface area contributed by atoms with Crippen molar-refractivity contribution in [3.8, 4) is 23.0 Å². The number of aromatic hydroxyl groups is 1. The molecule has 0 aliphatic heterocycles. The molecule has 1 aromatic heterocycles. The second-order valence-corrected chi connectivity index (χ2v) is 9.03. The Labute approximate surface area is 220 Å². The number of phenols is 1. The number of benzene rings is 3. The van der Waals surface area contributed by atoms with E-state index in [1.807, 2.05) is 55.6 Å². The third-order valence-corrected chi connectivity index (χ3v) is 5.96. The highest BCUT2D eigenvalue weighted by molar-refractivity contribution is 5.88. The zero-order valence-electron chi connectivity index (χ0n) is 21.1. The van der Waals surface area contributed by atoms with Crippen LogP contribution in [0.3, 0.4) is 0 Å². The number of aliphatic hydroxyl groups excluding tert-OH is 1. The number of aliphatic hydroxyl groups is 1. The van der Waals surface area contributed by atoms with Gasteiger partial charge in [-0.25, -0.2) is 4.79 Å². The molecule has 5 N–H and O–H groups in total. The van der Waals surface area contributed by atoms with Gasteiger partial charge in [0.25, 0.3) is 0 Å². The van der Waals surface area contributed by atoms with Crippen LogP contribution in [0.4, 0.5) is 0 Å². The van der Waals surface area contributed by atoms with Crippen LogP contribution in [0.15, 0.2) is 72.9 Å². The van der Waals surface area contributed by atoms with Gasteiger partial charge < -0.3 is 39.8 Å². The van der Waals surface area contributed by atoms with E-state index in [0.717, 1.165) is 22.0 Å². The zero-order valence-corrected chi connectivity index (χ0v) is 21.1. The molecule has 9 nitrogen and oxygen atoms in total. The first-order valence-electron chi connectivity index (χ1n) is 12.4. The van der Waals surface area contributed by atoms with Gasteiger partial charge in [0.15, 0.2) is 18.1 Å². The van der Waals surface area contributed by atoms with E-state index in [2.05, 4.69) is 10.3 Å². The van der Waals surface area contributed by atoms with E-state index >= 15 is 0 Å². The van der Waals surface area contributed by atoms with Gasteiger partial charge in [0, 0.05) is 24.2 Å². The van der Waals surface area contributed by atoms with Crippen LogP contribution in [0.25, 0.3) is 10.9 Å². The monoisotopic (exact) mass is 520 g/mol. The molecule has 0 bridgehead atoms. The molecule has 38 heavy (non-hydrogen) atoms. The van der Waals surface area contributed by atoms with E-state index in [0.29, 0.717) is 24.5 Å². The van der Waals surface area contributed by atoms with E-state index in [1.54, 1.807) is 18.2 Å². The molecule has 2 unspecified atom stereocenters. The fourth-order valence-corrected chi connectivity index (χ4v) is 4.09. The minimum Gasteiger partial charge on any atom is -0.504 e. The molecule has 0 radical (unpaired) electrons. The lowest BCUT2D eigenvalue weighted by Gasteiger charge is -2.19. The van der Waals surface area contributed by atoms with Crippen molar-refractivity contribution in [1.82, 2.24) is 10.3 Å². The van der Waals surface area contributed by atoms with Gasteiger partial charge in [0.2, 0.25) is 5.75 Å². The molecule has 2 atom stereocenters. The fourth-order valence-electron chi connectivity index (χ4n) is 4.09. The molecule has 4 rings (SSSR count). The molecule has 3 aromatic carbocycles. The van der Waals surface area contributed by atoms with Crippen molar-refractivity contribution in [2.75, 3.05) is 19.8 Å². The number of hydrogen-bond donors (Lipinski definition) is 5. The first kappa shape index (κ1) is 26.8. The average Bonchev–Trinajstić information content (AvgIpc) is 3.32. The number of aromatic nitrogens is 1. The van der Waals surface area contributed by atoms with Crippen molar-refractivity contribution >= 4 is 16.9 Å². The van der Waals surface area contributed by atoms with Gasteiger partial charge in [-0.05, 0) is 42.7 Å². The second kappa shape index (κ2) is 12.8. The Morgan fingerprint density at radius 3 is 2.53 bits per heavy atom. The molecule has 0 saturated carbocycles. The number of carbonyl (C=O) groups is 1. The van der Waals surface area contributed by atoms with Crippen LogP contribution in [0.5, 0.6) is 23.0 Å². The molecule has 0 aliphatic carbocycles. The van der Waals surface area contributed by atoms with E-state index in [1.165, 1.54) is 6.07 Å². The molecule has 200 valence electrons. The van der Waals surface area contributed by atoms with E-state index < -0.39 is 18.7 Å². The molecule has 1 heterocycles. The fraction of sp³-hybridized carbons (Fsp3) is 0.276. The Balaban J connectivity index is 1.28. The molecule has 9 heteroatoms. The number of H-pyrrole nitrogens is 1. The number of aromatic amines is 1. The summed E-state index contributed by atoms with van der Waals surface area (Å²) in [5.74, 6) is 0.0103.